The molecule has 0 spiro atoms. The zero-order valence-corrected chi connectivity index (χ0v) is 25.1. The van der Waals surface area contributed by atoms with Crippen molar-refractivity contribution in [1.29, 1.82) is 0 Å². The number of nitrogens with one attached hydrogen (secondary N) is 1. The Morgan fingerprint density at radius 2 is 1.56 bits per heavy atom. The van der Waals surface area contributed by atoms with Gasteiger partial charge in [0.2, 0.25) is 21.8 Å². The van der Waals surface area contributed by atoms with Crippen LogP contribution in [0.15, 0.2) is 83.3 Å². The number of amides is 2. The Kier molecular flexibility index (Phi) is 10.6. The van der Waals surface area contributed by atoms with Gasteiger partial charge in [-0.05, 0) is 55.3 Å². The predicted molar refractivity (Wildman–Crippen MR) is 156 cm³/mol. The van der Waals surface area contributed by atoms with E-state index >= 15 is 0 Å². The second kappa shape index (κ2) is 13.5. The standard InChI is InChI=1S/C29H31BrF3N3O4S/c1-20(2)34-28(38)26(16-21-9-5-4-6-10-21)35(18-22-11-7-13-24(30)15-22)27(37)19-36(41(3,39)40)25-14-8-12-23(17-25)29(31,32)33/h4-15,17,20,26H,16,18-19H2,1-3H3,(H,34,38). The molecule has 1 unspecified atom stereocenters. The molecule has 2 amide bonds. The molecule has 0 fully saturated rings. The van der Waals surface area contributed by atoms with E-state index in [1.807, 2.05) is 18.2 Å². The molecule has 12 heteroatoms. The van der Waals surface area contributed by atoms with Gasteiger partial charge in [-0.3, -0.25) is 13.9 Å². The summed E-state index contributed by atoms with van der Waals surface area (Å²) in [7, 11) is -4.20. The Morgan fingerprint density at radius 3 is 2.15 bits per heavy atom. The van der Waals surface area contributed by atoms with Crippen LogP contribution in [0.2, 0.25) is 0 Å². The van der Waals surface area contributed by atoms with Crippen LogP contribution in [0.4, 0.5) is 18.9 Å². The highest BCUT2D eigenvalue weighted by molar-refractivity contribution is 9.10. The molecule has 3 aromatic rings. The van der Waals surface area contributed by atoms with Crippen LogP contribution in [0.3, 0.4) is 0 Å². The molecule has 0 saturated heterocycles. The van der Waals surface area contributed by atoms with E-state index in [0.717, 1.165) is 28.4 Å². The number of benzene rings is 3. The van der Waals surface area contributed by atoms with Gasteiger partial charge in [-0.2, -0.15) is 13.2 Å². The Labute approximate surface area is 246 Å². The summed E-state index contributed by atoms with van der Waals surface area (Å²) in [4.78, 5) is 28.7. The maximum Gasteiger partial charge on any atom is 0.416 e. The van der Waals surface area contributed by atoms with Crippen molar-refractivity contribution in [1.82, 2.24) is 10.2 Å². The number of carbonyl (C=O) groups is 2. The van der Waals surface area contributed by atoms with E-state index in [1.165, 1.54) is 11.0 Å². The van der Waals surface area contributed by atoms with Gasteiger partial charge in [0, 0.05) is 23.5 Å². The second-order valence-electron chi connectivity index (χ2n) is 9.84. The minimum absolute atomic E-state index is 0.0541. The van der Waals surface area contributed by atoms with Crippen molar-refractivity contribution >= 4 is 43.5 Å². The van der Waals surface area contributed by atoms with Gasteiger partial charge < -0.3 is 10.2 Å². The summed E-state index contributed by atoms with van der Waals surface area (Å²) in [6.07, 6.45) is -3.78. The van der Waals surface area contributed by atoms with E-state index in [9.17, 15) is 31.2 Å². The number of halogens is 4. The topological polar surface area (TPSA) is 86.8 Å². The number of carbonyl (C=O) groups excluding carboxylic acids is 2. The molecule has 0 bridgehead atoms. The number of sulfonamides is 1. The minimum Gasteiger partial charge on any atom is -0.352 e. The average molecular weight is 655 g/mol. The molecule has 0 radical (unpaired) electrons. The van der Waals surface area contributed by atoms with Crippen LogP contribution in [0, 0.1) is 0 Å². The highest BCUT2D eigenvalue weighted by Gasteiger charge is 2.35. The molecular weight excluding hydrogens is 623 g/mol. The van der Waals surface area contributed by atoms with Gasteiger partial charge >= 0.3 is 6.18 Å². The number of alkyl halides is 3. The van der Waals surface area contributed by atoms with E-state index in [0.29, 0.717) is 15.9 Å². The third-order valence-electron chi connectivity index (χ3n) is 6.08. The number of nitrogens with zero attached hydrogens (tertiary/aromatic N) is 2. The largest absolute Gasteiger partial charge is 0.416 e. The lowest BCUT2D eigenvalue weighted by Gasteiger charge is -2.34. The number of hydrogen-bond acceptors (Lipinski definition) is 4. The summed E-state index contributed by atoms with van der Waals surface area (Å²) in [5, 5.41) is 2.84. The van der Waals surface area contributed by atoms with Crippen molar-refractivity contribution in [2.75, 3.05) is 17.1 Å². The second-order valence-corrected chi connectivity index (χ2v) is 12.7. The van der Waals surface area contributed by atoms with Gasteiger partial charge in [0.15, 0.2) is 0 Å². The first-order chi connectivity index (χ1) is 19.1. The Hall–Kier alpha value is -3.38. The van der Waals surface area contributed by atoms with E-state index in [4.69, 9.17) is 0 Å². The molecule has 220 valence electrons. The van der Waals surface area contributed by atoms with E-state index in [-0.39, 0.29) is 24.7 Å². The summed E-state index contributed by atoms with van der Waals surface area (Å²) in [6, 6.07) is 18.6. The van der Waals surface area contributed by atoms with Gasteiger partial charge in [0.05, 0.1) is 17.5 Å². The van der Waals surface area contributed by atoms with Crippen molar-refractivity contribution < 1.29 is 31.2 Å². The predicted octanol–water partition coefficient (Wildman–Crippen LogP) is 5.40. The molecule has 0 heterocycles. The van der Waals surface area contributed by atoms with Crippen LogP contribution in [0.5, 0.6) is 0 Å². The lowest BCUT2D eigenvalue weighted by molar-refractivity contribution is -0.140. The zero-order chi connectivity index (χ0) is 30.4. The highest BCUT2D eigenvalue weighted by atomic mass is 79.9. The summed E-state index contributed by atoms with van der Waals surface area (Å²) >= 11 is 3.40. The Balaban J connectivity index is 2.08. The lowest BCUT2D eigenvalue weighted by Crippen LogP contribution is -2.54. The molecule has 41 heavy (non-hydrogen) atoms. The molecule has 0 aliphatic rings. The maximum absolute atomic E-state index is 14.0. The van der Waals surface area contributed by atoms with Crippen LogP contribution in [-0.4, -0.2) is 50.0 Å². The van der Waals surface area contributed by atoms with Crippen LogP contribution < -0.4 is 9.62 Å². The van der Waals surface area contributed by atoms with Crippen LogP contribution in [-0.2, 0) is 38.8 Å². The molecule has 1 N–H and O–H groups in total. The van der Waals surface area contributed by atoms with Gasteiger partial charge in [0.25, 0.3) is 0 Å². The van der Waals surface area contributed by atoms with Gasteiger partial charge in [-0.1, -0.05) is 64.5 Å². The molecule has 3 aromatic carbocycles. The molecular formula is C29H31BrF3N3O4S. The molecule has 1 atom stereocenters. The maximum atomic E-state index is 14.0. The van der Waals surface area contributed by atoms with Crippen molar-refractivity contribution in [3.8, 4) is 0 Å². The monoisotopic (exact) mass is 653 g/mol. The molecule has 0 aromatic heterocycles. The third kappa shape index (κ3) is 9.32. The van der Waals surface area contributed by atoms with Crippen molar-refractivity contribution in [3.05, 3.63) is 100 Å². The number of anilines is 1. The van der Waals surface area contributed by atoms with Gasteiger partial charge in [-0.25, -0.2) is 8.42 Å². The Bertz CT molecular complexity index is 1470. The van der Waals surface area contributed by atoms with Gasteiger partial charge in [0.1, 0.15) is 12.6 Å². The van der Waals surface area contributed by atoms with E-state index in [1.54, 1.807) is 50.2 Å². The summed E-state index contributed by atoms with van der Waals surface area (Å²) in [5.41, 5.74) is 0.0547. The lowest BCUT2D eigenvalue weighted by atomic mass is 10.0. The molecule has 0 aliphatic carbocycles. The quantitative estimate of drug-likeness (QED) is 0.300. The van der Waals surface area contributed by atoms with Crippen LogP contribution >= 0.6 is 15.9 Å². The van der Waals surface area contributed by atoms with Crippen LogP contribution in [0.25, 0.3) is 0 Å². The molecule has 0 aliphatic heterocycles. The van der Waals surface area contributed by atoms with Crippen molar-refractivity contribution in [2.45, 2.75) is 45.1 Å². The van der Waals surface area contributed by atoms with Gasteiger partial charge in [-0.15, -0.1) is 0 Å². The molecule has 3 rings (SSSR count). The van der Waals surface area contributed by atoms with Crippen molar-refractivity contribution in [2.24, 2.45) is 0 Å². The average Bonchev–Trinajstić information content (AvgIpc) is 2.88. The van der Waals surface area contributed by atoms with Crippen molar-refractivity contribution in [3.63, 3.8) is 0 Å². The van der Waals surface area contributed by atoms with E-state index < -0.39 is 46.2 Å². The summed E-state index contributed by atoms with van der Waals surface area (Å²) in [5.74, 6) is -1.20. The van der Waals surface area contributed by atoms with E-state index in [2.05, 4.69) is 21.2 Å². The smallest absolute Gasteiger partial charge is 0.352 e. The number of hydrogen-bond donors (Lipinski definition) is 1. The SMILES string of the molecule is CC(C)NC(=O)C(Cc1ccccc1)N(Cc1cccc(Br)c1)C(=O)CN(c1cccc(C(F)(F)F)c1)S(C)(=O)=O. The first kappa shape index (κ1) is 32.1. The minimum atomic E-state index is -4.72. The summed E-state index contributed by atoms with van der Waals surface area (Å²) < 4.78 is 67.1. The fourth-order valence-corrected chi connectivity index (χ4v) is 5.51. The fourth-order valence-electron chi connectivity index (χ4n) is 4.22. The third-order valence-corrected chi connectivity index (χ3v) is 7.72. The molecule has 0 saturated carbocycles. The number of rotatable bonds is 11. The Morgan fingerprint density at radius 1 is 0.927 bits per heavy atom. The summed E-state index contributed by atoms with van der Waals surface area (Å²) in [6.45, 7) is 2.68. The van der Waals surface area contributed by atoms with Crippen LogP contribution in [0.1, 0.15) is 30.5 Å². The first-order valence-electron chi connectivity index (χ1n) is 12.7. The normalized spacial score (nSPS) is 12.6. The molecule has 7 nitrogen and oxygen atoms in total. The first-order valence-corrected chi connectivity index (χ1v) is 15.3. The highest BCUT2D eigenvalue weighted by Crippen LogP contribution is 2.32. The fraction of sp³-hybridized carbons (Fsp3) is 0.310. The zero-order valence-electron chi connectivity index (χ0n) is 22.7.